The number of benzene rings is 2. The van der Waals surface area contributed by atoms with Gasteiger partial charge in [0, 0.05) is 12.5 Å². The lowest BCUT2D eigenvalue weighted by Gasteiger charge is -2.47. The second-order valence-electron chi connectivity index (χ2n) is 8.61. The molecule has 0 radical (unpaired) electrons. The van der Waals surface area contributed by atoms with Crippen LogP contribution in [-0.2, 0) is 12.8 Å². The van der Waals surface area contributed by atoms with Crippen molar-refractivity contribution in [2.75, 3.05) is 20.6 Å². The van der Waals surface area contributed by atoms with Gasteiger partial charge in [0.1, 0.15) is 0 Å². The summed E-state index contributed by atoms with van der Waals surface area (Å²) in [6.07, 6.45) is 7.51. The highest BCUT2D eigenvalue weighted by Gasteiger charge is 2.45. The van der Waals surface area contributed by atoms with Crippen LogP contribution in [0, 0.1) is 11.8 Å². The summed E-state index contributed by atoms with van der Waals surface area (Å²) in [6.45, 7) is 0.979. The number of aliphatic hydroxyl groups is 1. The summed E-state index contributed by atoms with van der Waals surface area (Å²) in [4.78, 5) is 2.25. The molecule has 1 aliphatic carbocycles. The Labute approximate surface area is 165 Å². The smallest absolute Gasteiger partial charge is 0.0719 e. The van der Waals surface area contributed by atoms with Crippen molar-refractivity contribution in [3.8, 4) is 0 Å². The van der Waals surface area contributed by atoms with Gasteiger partial charge >= 0.3 is 0 Å². The lowest BCUT2D eigenvalue weighted by atomic mass is 9.64. The molecule has 3 atom stereocenters. The zero-order valence-corrected chi connectivity index (χ0v) is 17.0. The fourth-order valence-electron chi connectivity index (χ4n) is 4.94. The predicted molar refractivity (Wildman–Crippen MR) is 114 cm³/mol. The van der Waals surface area contributed by atoms with Crippen LogP contribution in [0.4, 0.5) is 0 Å². The van der Waals surface area contributed by atoms with E-state index in [4.69, 9.17) is 0 Å². The molecule has 2 nitrogen and oxygen atoms in total. The second-order valence-corrected chi connectivity index (χ2v) is 8.61. The van der Waals surface area contributed by atoms with Crippen LogP contribution in [0.1, 0.15) is 43.2 Å². The van der Waals surface area contributed by atoms with Crippen molar-refractivity contribution in [2.24, 2.45) is 11.8 Å². The molecule has 1 N–H and O–H groups in total. The van der Waals surface area contributed by atoms with Crippen molar-refractivity contribution in [1.29, 1.82) is 0 Å². The van der Waals surface area contributed by atoms with E-state index in [1.54, 1.807) is 0 Å². The molecular weight excluding hydrogens is 330 g/mol. The van der Waals surface area contributed by atoms with Gasteiger partial charge in [-0.3, -0.25) is 0 Å². The fourth-order valence-corrected chi connectivity index (χ4v) is 4.94. The van der Waals surface area contributed by atoms with E-state index in [1.807, 2.05) is 0 Å². The van der Waals surface area contributed by atoms with Gasteiger partial charge < -0.3 is 10.0 Å². The van der Waals surface area contributed by atoms with Gasteiger partial charge in [-0.05, 0) is 69.7 Å². The maximum absolute atomic E-state index is 12.0. The summed E-state index contributed by atoms with van der Waals surface area (Å²) >= 11 is 0. The number of aryl methyl sites for hydroxylation is 1. The van der Waals surface area contributed by atoms with Crippen LogP contribution in [0.2, 0.25) is 0 Å². The zero-order chi connectivity index (χ0) is 19.1. The lowest BCUT2D eigenvalue weighted by molar-refractivity contribution is -0.107. The number of rotatable bonds is 8. The van der Waals surface area contributed by atoms with Crippen LogP contribution in [0.3, 0.4) is 0 Å². The van der Waals surface area contributed by atoms with Gasteiger partial charge in [0.25, 0.3) is 0 Å². The summed E-state index contributed by atoms with van der Waals surface area (Å²) in [5, 5.41) is 12.0. The first-order valence-corrected chi connectivity index (χ1v) is 10.5. The van der Waals surface area contributed by atoms with E-state index in [-0.39, 0.29) is 0 Å². The van der Waals surface area contributed by atoms with Crippen LogP contribution in [0.15, 0.2) is 60.7 Å². The summed E-state index contributed by atoms with van der Waals surface area (Å²) < 4.78 is 0. The molecular formula is C25H35NO. The highest BCUT2D eigenvalue weighted by atomic mass is 16.3. The molecule has 0 amide bonds. The van der Waals surface area contributed by atoms with Crippen LogP contribution in [0.5, 0.6) is 0 Å². The monoisotopic (exact) mass is 365 g/mol. The molecule has 1 fully saturated rings. The zero-order valence-electron chi connectivity index (χ0n) is 17.0. The summed E-state index contributed by atoms with van der Waals surface area (Å²) in [5.74, 6) is 0.722. The minimum absolute atomic E-state index is 0.356. The average molecular weight is 366 g/mol. The lowest BCUT2D eigenvalue weighted by Crippen LogP contribution is -2.52. The van der Waals surface area contributed by atoms with Gasteiger partial charge in [0.05, 0.1) is 5.60 Å². The van der Waals surface area contributed by atoms with Gasteiger partial charge in [0.2, 0.25) is 0 Å². The van der Waals surface area contributed by atoms with Gasteiger partial charge in [-0.1, -0.05) is 67.1 Å². The minimum atomic E-state index is -0.562. The first-order valence-electron chi connectivity index (χ1n) is 10.5. The molecule has 3 unspecified atom stereocenters. The fraction of sp³-hybridized carbons (Fsp3) is 0.520. The molecule has 146 valence electrons. The topological polar surface area (TPSA) is 23.5 Å². The molecule has 0 spiro atoms. The van der Waals surface area contributed by atoms with Gasteiger partial charge in [-0.25, -0.2) is 0 Å². The van der Waals surface area contributed by atoms with Crippen molar-refractivity contribution in [3.63, 3.8) is 0 Å². The van der Waals surface area contributed by atoms with Crippen LogP contribution in [-0.4, -0.2) is 36.2 Å². The maximum Gasteiger partial charge on any atom is 0.0719 e. The molecule has 0 heterocycles. The maximum atomic E-state index is 12.0. The van der Waals surface area contributed by atoms with Crippen LogP contribution in [0.25, 0.3) is 0 Å². The number of nitrogens with zero attached hydrogens (tertiary/aromatic N) is 1. The van der Waals surface area contributed by atoms with Crippen LogP contribution < -0.4 is 0 Å². The average Bonchev–Trinajstić information content (AvgIpc) is 2.67. The van der Waals surface area contributed by atoms with E-state index in [0.29, 0.717) is 11.8 Å². The van der Waals surface area contributed by atoms with Crippen LogP contribution >= 0.6 is 0 Å². The van der Waals surface area contributed by atoms with E-state index < -0.39 is 5.60 Å². The molecule has 0 aliphatic heterocycles. The minimum Gasteiger partial charge on any atom is -0.389 e. The summed E-state index contributed by atoms with van der Waals surface area (Å²) in [6, 6.07) is 21.4. The highest BCUT2D eigenvalue weighted by molar-refractivity contribution is 5.17. The Bertz CT molecular complexity index is 669. The highest BCUT2D eigenvalue weighted by Crippen LogP contribution is 2.43. The van der Waals surface area contributed by atoms with Crippen molar-refractivity contribution < 1.29 is 5.11 Å². The second kappa shape index (κ2) is 9.52. The van der Waals surface area contributed by atoms with E-state index in [0.717, 1.165) is 45.1 Å². The van der Waals surface area contributed by atoms with E-state index in [1.165, 1.54) is 17.5 Å². The third-order valence-corrected chi connectivity index (χ3v) is 6.32. The molecule has 1 saturated carbocycles. The predicted octanol–water partition coefficient (Wildman–Crippen LogP) is 4.96. The SMILES string of the molecule is CN(C)CC1CCCC(Cc2ccccc2)C1(O)CCCc1ccccc1. The van der Waals surface area contributed by atoms with Crippen molar-refractivity contribution in [3.05, 3.63) is 71.8 Å². The normalized spacial score (nSPS) is 25.6. The quantitative estimate of drug-likeness (QED) is 0.714. The van der Waals surface area contributed by atoms with Crippen molar-refractivity contribution in [1.82, 2.24) is 4.90 Å². The molecule has 2 heteroatoms. The van der Waals surface area contributed by atoms with Crippen molar-refractivity contribution >= 4 is 0 Å². The Morgan fingerprint density at radius 2 is 1.48 bits per heavy atom. The van der Waals surface area contributed by atoms with E-state index >= 15 is 0 Å². The number of hydrogen-bond donors (Lipinski definition) is 1. The van der Waals surface area contributed by atoms with Gasteiger partial charge in [0.15, 0.2) is 0 Å². The Morgan fingerprint density at radius 3 is 2.11 bits per heavy atom. The molecule has 1 aliphatic rings. The standard InChI is InChI=1S/C25H35NO/c1-26(2)20-24-17-9-16-23(19-22-13-7-4-8-14-22)25(24,27)18-10-15-21-11-5-3-6-12-21/h3-8,11-14,23-24,27H,9-10,15-20H2,1-2H3. The van der Waals surface area contributed by atoms with Gasteiger partial charge in [-0.2, -0.15) is 0 Å². The third-order valence-electron chi connectivity index (χ3n) is 6.32. The molecule has 3 rings (SSSR count). The largest absolute Gasteiger partial charge is 0.389 e. The Kier molecular flexibility index (Phi) is 7.09. The van der Waals surface area contributed by atoms with Crippen molar-refractivity contribution in [2.45, 2.75) is 50.5 Å². The van der Waals surface area contributed by atoms with E-state index in [9.17, 15) is 5.11 Å². The molecule has 2 aromatic carbocycles. The summed E-state index contributed by atoms with van der Waals surface area (Å²) in [5.41, 5.74) is 2.17. The summed E-state index contributed by atoms with van der Waals surface area (Å²) in [7, 11) is 4.26. The molecule has 27 heavy (non-hydrogen) atoms. The molecule has 0 bridgehead atoms. The number of hydrogen-bond acceptors (Lipinski definition) is 2. The molecule has 0 saturated heterocycles. The Balaban J connectivity index is 1.73. The first kappa shape index (κ1) is 20.1. The third kappa shape index (κ3) is 5.43. The Morgan fingerprint density at radius 1 is 0.889 bits per heavy atom. The first-order chi connectivity index (χ1) is 13.1. The van der Waals surface area contributed by atoms with Gasteiger partial charge in [-0.15, -0.1) is 0 Å². The van der Waals surface area contributed by atoms with E-state index in [2.05, 4.69) is 79.7 Å². The molecule has 0 aromatic heterocycles. The molecule has 2 aromatic rings. The Hall–Kier alpha value is -1.64.